The van der Waals surface area contributed by atoms with Gasteiger partial charge in [0.15, 0.2) is 0 Å². The minimum absolute atomic E-state index is 0.0363. The van der Waals surface area contributed by atoms with E-state index in [0.717, 1.165) is 0 Å². The molecule has 0 saturated heterocycles. The molecule has 0 saturated carbocycles. The molecule has 3 atom stereocenters. The van der Waals surface area contributed by atoms with Gasteiger partial charge in [-0.05, 0) is 35.8 Å². The molecule has 0 spiro atoms. The van der Waals surface area contributed by atoms with Gasteiger partial charge in [0.1, 0.15) is 0 Å². The molecule has 0 radical (unpaired) electrons. The predicted octanol–water partition coefficient (Wildman–Crippen LogP) is -0.106. The molecular formula is C6H16IN2O2P. The Kier molecular flexibility index (Phi) is 8.03. The van der Waals surface area contributed by atoms with E-state index in [4.69, 9.17) is 10.2 Å². The monoisotopic (exact) mass is 306 g/mol. The van der Waals surface area contributed by atoms with Gasteiger partial charge in [0, 0.05) is 11.8 Å². The van der Waals surface area contributed by atoms with Crippen LogP contribution in [0, 0.1) is 0 Å². The summed E-state index contributed by atoms with van der Waals surface area (Å²) in [7, 11) is 1.77. The molecule has 74 valence electrons. The highest BCUT2D eigenvalue weighted by Gasteiger charge is 2.18. The summed E-state index contributed by atoms with van der Waals surface area (Å²) in [6.07, 6.45) is 0. The van der Waals surface area contributed by atoms with Gasteiger partial charge in [-0.25, -0.2) is 0 Å². The average molecular weight is 306 g/mol. The molecule has 0 aliphatic rings. The predicted molar refractivity (Wildman–Crippen MR) is 60.8 cm³/mol. The van der Waals surface area contributed by atoms with Gasteiger partial charge in [0.25, 0.3) is 0 Å². The lowest BCUT2D eigenvalue weighted by atomic mass is 10.1. The van der Waals surface area contributed by atoms with Gasteiger partial charge in [-0.15, -0.1) is 0 Å². The van der Waals surface area contributed by atoms with Gasteiger partial charge >= 0.3 is 0 Å². The molecule has 0 aromatic heterocycles. The van der Waals surface area contributed by atoms with Crippen LogP contribution >= 0.6 is 27.8 Å². The van der Waals surface area contributed by atoms with E-state index in [-0.39, 0.29) is 31.0 Å². The standard InChI is InChI=1S/C6H16IN2O2P/c1-8-5(3-10)6(4-11)9-12(2)7/h5-6,8-11H,3-4H2,1-2H3/t5?,6?,12-/m0/s1. The Bertz CT molecular complexity index is 114. The summed E-state index contributed by atoms with van der Waals surface area (Å²) in [5.74, 6) is 0. The molecule has 0 aromatic carbocycles. The summed E-state index contributed by atoms with van der Waals surface area (Å²) >= 11 is 2.28. The molecule has 6 heteroatoms. The lowest BCUT2D eigenvalue weighted by molar-refractivity contribution is 0.177. The van der Waals surface area contributed by atoms with E-state index in [9.17, 15) is 0 Å². The average Bonchev–Trinajstić information content (AvgIpc) is 2.04. The zero-order chi connectivity index (χ0) is 9.56. The van der Waals surface area contributed by atoms with Crippen LogP contribution in [0.3, 0.4) is 0 Å². The molecule has 0 aliphatic carbocycles. The second-order valence-corrected chi connectivity index (χ2v) is 8.03. The first-order valence-electron chi connectivity index (χ1n) is 3.70. The molecular weight excluding hydrogens is 290 g/mol. The zero-order valence-corrected chi connectivity index (χ0v) is 10.3. The van der Waals surface area contributed by atoms with Crippen LogP contribution in [-0.2, 0) is 0 Å². The van der Waals surface area contributed by atoms with E-state index in [1.165, 1.54) is 0 Å². The zero-order valence-electron chi connectivity index (χ0n) is 7.29. The summed E-state index contributed by atoms with van der Waals surface area (Å²) in [4.78, 5) is 0. The van der Waals surface area contributed by atoms with Gasteiger partial charge in [-0.1, -0.05) is 0 Å². The van der Waals surface area contributed by atoms with Crippen LogP contribution < -0.4 is 10.4 Å². The van der Waals surface area contributed by atoms with Crippen molar-refractivity contribution in [1.29, 1.82) is 0 Å². The van der Waals surface area contributed by atoms with E-state index < -0.39 is 0 Å². The largest absolute Gasteiger partial charge is 0.395 e. The van der Waals surface area contributed by atoms with Crippen LogP contribution in [0.25, 0.3) is 0 Å². The quantitative estimate of drug-likeness (QED) is 0.409. The van der Waals surface area contributed by atoms with Crippen molar-refractivity contribution in [1.82, 2.24) is 10.4 Å². The van der Waals surface area contributed by atoms with Crippen molar-refractivity contribution in [3.05, 3.63) is 0 Å². The summed E-state index contributed by atoms with van der Waals surface area (Å²) in [5.41, 5.74) is -0.281. The van der Waals surface area contributed by atoms with E-state index >= 15 is 0 Å². The summed E-state index contributed by atoms with van der Waals surface area (Å²) in [6, 6.07) is -0.136. The molecule has 0 amide bonds. The van der Waals surface area contributed by atoms with E-state index in [1.54, 1.807) is 7.05 Å². The number of hydrogen-bond donors (Lipinski definition) is 4. The third-order valence-corrected chi connectivity index (χ3v) is 3.12. The number of halogens is 1. The maximum absolute atomic E-state index is 9.00. The fraction of sp³-hybridized carbons (Fsp3) is 1.00. The topological polar surface area (TPSA) is 64.5 Å². The van der Waals surface area contributed by atoms with Gasteiger partial charge < -0.3 is 15.5 Å². The van der Waals surface area contributed by atoms with Crippen molar-refractivity contribution < 1.29 is 10.2 Å². The molecule has 0 heterocycles. The van der Waals surface area contributed by atoms with E-state index in [0.29, 0.717) is 0 Å². The van der Waals surface area contributed by atoms with Crippen molar-refractivity contribution in [3.63, 3.8) is 0 Å². The van der Waals surface area contributed by atoms with Crippen molar-refractivity contribution in [2.45, 2.75) is 12.1 Å². The second kappa shape index (κ2) is 7.41. The molecule has 0 bridgehead atoms. The fourth-order valence-corrected chi connectivity index (χ4v) is 2.70. The van der Waals surface area contributed by atoms with Gasteiger partial charge in [-0.2, -0.15) is 0 Å². The van der Waals surface area contributed by atoms with Gasteiger partial charge in [0.2, 0.25) is 0 Å². The van der Waals surface area contributed by atoms with Crippen LogP contribution in [0.5, 0.6) is 0 Å². The van der Waals surface area contributed by atoms with Crippen LogP contribution in [-0.4, -0.2) is 49.2 Å². The third kappa shape index (κ3) is 4.89. The minimum atomic E-state index is -0.281. The molecule has 12 heavy (non-hydrogen) atoms. The van der Waals surface area contributed by atoms with E-state index in [1.807, 2.05) is 0 Å². The highest BCUT2D eigenvalue weighted by atomic mass is 127. The Morgan fingerprint density at radius 1 is 1.33 bits per heavy atom. The highest BCUT2D eigenvalue weighted by molar-refractivity contribution is 14.2. The lowest BCUT2D eigenvalue weighted by Gasteiger charge is -2.25. The maximum atomic E-state index is 9.00. The second-order valence-electron chi connectivity index (χ2n) is 2.47. The number of rotatable bonds is 6. The van der Waals surface area contributed by atoms with Crippen molar-refractivity contribution in [3.8, 4) is 0 Å². The van der Waals surface area contributed by atoms with Gasteiger partial charge in [-0.3, -0.25) is 5.09 Å². The maximum Gasteiger partial charge on any atom is 0.0603 e. The Labute approximate surface area is 87.4 Å². The molecule has 0 aromatic rings. The molecule has 4 N–H and O–H groups in total. The van der Waals surface area contributed by atoms with Gasteiger partial charge in [0.05, 0.1) is 19.3 Å². The number of nitrogens with one attached hydrogen (secondary N) is 2. The summed E-state index contributed by atoms with van der Waals surface area (Å²) in [6.45, 7) is 2.14. The van der Waals surface area contributed by atoms with Crippen LogP contribution in [0.2, 0.25) is 0 Å². The normalized spacial score (nSPS) is 18.8. The fourth-order valence-electron chi connectivity index (χ4n) is 0.906. The Hall–Kier alpha value is 1.00. The SMILES string of the molecule is CNC(CO)C(CO)N[P@@](C)I. The Balaban J connectivity index is 3.92. The smallest absolute Gasteiger partial charge is 0.0603 e. The molecule has 2 unspecified atom stereocenters. The van der Waals surface area contributed by atoms with Crippen LogP contribution in [0.4, 0.5) is 0 Å². The summed E-state index contributed by atoms with van der Waals surface area (Å²) in [5, 5.41) is 24.1. The van der Waals surface area contributed by atoms with E-state index in [2.05, 4.69) is 39.1 Å². The number of likely N-dealkylation sites (N-methyl/N-ethyl adjacent to an activating group) is 1. The minimum Gasteiger partial charge on any atom is -0.395 e. The molecule has 0 fully saturated rings. The molecule has 4 nitrogen and oxygen atoms in total. The Morgan fingerprint density at radius 2 is 1.83 bits per heavy atom. The number of hydrogen-bond acceptors (Lipinski definition) is 4. The van der Waals surface area contributed by atoms with Crippen molar-refractivity contribution >= 4 is 27.8 Å². The first-order chi connectivity index (χ1) is 5.65. The van der Waals surface area contributed by atoms with Crippen LogP contribution in [0.1, 0.15) is 0 Å². The lowest BCUT2D eigenvalue weighted by Crippen LogP contribution is -2.48. The Morgan fingerprint density at radius 3 is 2.08 bits per heavy atom. The third-order valence-electron chi connectivity index (χ3n) is 1.59. The van der Waals surface area contributed by atoms with Crippen LogP contribution in [0.15, 0.2) is 0 Å². The summed E-state index contributed by atoms with van der Waals surface area (Å²) < 4.78 is 0. The number of aliphatic hydroxyl groups is 2. The molecule has 0 aliphatic heterocycles. The first kappa shape index (κ1) is 13.0. The first-order valence-corrected chi connectivity index (χ1v) is 8.27. The number of aliphatic hydroxyl groups excluding tert-OH is 2. The molecule has 0 rings (SSSR count). The van der Waals surface area contributed by atoms with Crippen molar-refractivity contribution in [2.75, 3.05) is 26.9 Å². The highest BCUT2D eigenvalue weighted by Crippen LogP contribution is 2.35. The van der Waals surface area contributed by atoms with Crippen molar-refractivity contribution in [2.24, 2.45) is 0 Å².